The first-order chi connectivity index (χ1) is 8.24. The Kier molecular flexibility index (Phi) is 6.78. The van der Waals surface area contributed by atoms with E-state index >= 15 is 0 Å². The van der Waals surface area contributed by atoms with Crippen LogP contribution in [0.3, 0.4) is 0 Å². The van der Waals surface area contributed by atoms with Crippen molar-refractivity contribution >= 4 is 24.2 Å². The van der Waals surface area contributed by atoms with Crippen LogP contribution in [0.5, 0.6) is 0 Å². The van der Waals surface area contributed by atoms with Crippen molar-refractivity contribution in [2.75, 3.05) is 5.32 Å². The van der Waals surface area contributed by atoms with E-state index in [1.54, 1.807) is 0 Å². The largest absolute Gasteiger partial charge is 0.325 e. The van der Waals surface area contributed by atoms with E-state index < -0.39 is 0 Å². The molecule has 1 aromatic rings. The summed E-state index contributed by atoms with van der Waals surface area (Å²) in [5.74, 6) is 0.0861. The first-order valence-electron chi connectivity index (χ1n) is 6.32. The van der Waals surface area contributed by atoms with Crippen LogP contribution in [-0.4, -0.2) is 5.91 Å². The van der Waals surface area contributed by atoms with Gasteiger partial charge in [0.25, 0.3) is 0 Å². The monoisotopic (exact) mass is 251 g/mol. The van der Waals surface area contributed by atoms with E-state index in [4.69, 9.17) is 0 Å². The van der Waals surface area contributed by atoms with Crippen molar-refractivity contribution in [2.24, 2.45) is 0 Å². The summed E-state index contributed by atoms with van der Waals surface area (Å²) in [7, 11) is 0. The second kappa shape index (κ2) is 8.18. The number of para-hydroxylation sites is 1. The third-order valence-corrected chi connectivity index (χ3v) is 3.08. The number of hydrogen-bond donors (Lipinski definition) is 2. The van der Waals surface area contributed by atoms with E-state index in [2.05, 4.69) is 24.9 Å². The summed E-state index contributed by atoms with van der Waals surface area (Å²) in [6.45, 7) is 2.19. The fourth-order valence-electron chi connectivity index (χ4n) is 1.68. The average molecular weight is 251 g/mol. The highest BCUT2D eigenvalue weighted by Gasteiger charge is 2.03. The van der Waals surface area contributed by atoms with Crippen LogP contribution < -0.4 is 5.32 Å². The van der Waals surface area contributed by atoms with Crippen molar-refractivity contribution in [2.45, 2.75) is 50.3 Å². The number of carbonyl (C=O) groups is 1. The van der Waals surface area contributed by atoms with Gasteiger partial charge in [-0.05, 0) is 18.6 Å². The summed E-state index contributed by atoms with van der Waals surface area (Å²) in [4.78, 5) is 12.5. The van der Waals surface area contributed by atoms with Gasteiger partial charge in [-0.2, -0.15) is 0 Å². The molecule has 1 aromatic carbocycles. The van der Waals surface area contributed by atoms with Gasteiger partial charge >= 0.3 is 0 Å². The lowest BCUT2D eigenvalue weighted by atomic mass is 10.1. The molecule has 1 N–H and O–H groups in total. The topological polar surface area (TPSA) is 29.1 Å². The fraction of sp³-hybridized carbons (Fsp3) is 0.500. The molecule has 0 aromatic heterocycles. The Morgan fingerprint density at radius 3 is 2.59 bits per heavy atom. The minimum Gasteiger partial charge on any atom is -0.325 e. The maximum atomic E-state index is 11.7. The summed E-state index contributed by atoms with van der Waals surface area (Å²) in [6.07, 6.45) is 6.45. The number of thiol groups is 1. The van der Waals surface area contributed by atoms with Crippen LogP contribution in [0.4, 0.5) is 5.69 Å². The summed E-state index contributed by atoms with van der Waals surface area (Å²) < 4.78 is 0. The highest BCUT2D eigenvalue weighted by molar-refractivity contribution is 7.80. The molecule has 0 unspecified atom stereocenters. The summed E-state index contributed by atoms with van der Waals surface area (Å²) in [5.41, 5.74) is 0.800. The molecule has 0 aliphatic heterocycles. The van der Waals surface area contributed by atoms with Crippen LogP contribution in [-0.2, 0) is 4.79 Å². The van der Waals surface area contributed by atoms with Gasteiger partial charge < -0.3 is 5.32 Å². The normalized spacial score (nSPS) is 10.2. The van der Waals surface area contributed by atoms with Gasteiger partial charge in [0.05, 0.1) is 5.69 Å². The Labute approximate surface area is 109 Å². The summed E-state index contributed by atoms with van der Waals surface area (Å²) in [5, 5.41) is 2.89. The predicted molar refractivity (Wildman–Crippen MR) is 75.7 cm³/mol. The second-order valence-corrected chi connectivity index (χ2v) is 4.71. The number of nitrogens with one attached hydrogen (secondary N) is 1. The van der Waals surface area contributed by atoms with Crippen LogP contribution in [0.15, 0.2) is 29.2 Å². The maximum absolute atomic E-state index is 11.7. The standard InChI is InChI=1S/C14H21NOS/c1-2-3-4-5-6-11-14(16)15-12-9-7-8-10-13(12)17/h7-10,17H,2-6,11H2,1H3,(H,15,16). The molecule has 3 heteroatoms. The van der Waals surface area contributed by atoms with Gasteiger partial charge in [0, 0.05) is 11.3 Å². The minimum absolute atomic E-state index is 0.0861. The van der Waals surface area contributed by atoms with Crippen LogP contribution in [0.1, 0.15) is 45.4 Å². The molecule has 0 bridgehead atoms. The van der Waals surface area contributed by atoms with Crippen molar-refractivity contribution in [1.29, 1.82) is 0 Å². The molecule has 1 rings (SSSR count). The smallest absolute Gasteiger partial charge is 0.224 e. The lowest BCUT2D eigenvalue weighted by Crippen LogP contribution is -2.11. The lowest BCUT2D eigenvalue weighted by Gasteiger charge is -2.07. The molecule has 0 aliphatic carbocycles. The average Bonchev–Trinajstić information content (AvgIpc) is 2.32. The zero-order chi connectivity index (χ0) is 12.5. The lowest BCUT2D eigenvalue weighted by molar-refractivity contribution is -0.116. The summed E-state index contributed by atoms with van der Waals surface area (Å²) in [6, 6.07) is 7.55. The molecule has 0 spiro atoms. The molecule has 0 saturated carbocycles. The van der Waals surface area contributed by atoms with Crippen LogP contribution in [0.25, 0.3) is 0 Å². The molecule has 94 valence electrons. The minimum atomic E-state index is 0.0861. The Bertz CT molecular complexity index is 352. The molecule has 0 heterocycles. The molecule has 0 aliphatic rings. The maximum Gasteiger partial charge on any atom is 0.224 e. The molecule has 0 saturated heterocycles. The van der Waals surface area contributed by atoms with Crippen LogP contribution >= 0.6 is 12.6 Å². The first kappa shape index (κ1) is 14.1. The number of rotatable bonds is 7. The van der Waals surface area contributed by atoms with Crippen molar-refractivity contribution in [3.05, 3.63) is 24.3 Å². The highest BCUT2D eigenvalue weighted by atomic mass is 32.1. The molecule has 0 fully saturated rings. The molecule has 0 radical (unpaired) electrons. The van der Waals surface area contributed by atoms with Gasteiger partial charge in [-0.25, -0.2) is 0 Å². The molecule has 2 nitrogen and oxygen atoms in total. The van der Waals surface area contributed by atoms with E-state index in [9.17, 15) is 4.79 Å². The number of amides is 1. The Hall–Kier alpha value is -0.960. The highest BCUT2D eigenvalue weighted by Crippen LogP contribution is 2.19. The number of benzene rings is 1. The second-order valence-electron chi connectivity index (χ2n) is 4.23. The van der Waals surface area contributed by atoms with Crippen molar-refractivity contribution in [1.82, 2.24) is 0 Å². The Morgan fingerprint density at radius 2 is 1.88 bits per heavy atom. The van der Waals surface area contributed by atoms with Gasteiger partial charge in [-0.3, -0.25) is 4.79 Å². The van der Waals surface area contributed by atoms with Gasteiger partial charge in [-0.1, -0.05) is 44.7 Å². The molecular formula is C14H21NOS. The number of anilines is 1. The van der Waals surface area contributed by atoms with Crippen molar-refractivity contribution in [3.8, 4) is 0 Å². The van der Waals surface area contributed by atoms with E-state index in [0.29, 0.717) is 6.42 Å². The van der Waals surface area contributed by atoms with E-state index in [-0.39, 0.29) is 5.91 Å². The quantitative estimate of drug-likeness (QED) is 0.550. The van der Waals surface area contributed by atoms with E-state index in [0.717, 1.165) is 23.4 Å². The molecule has 1 amide bonds. The van der Waals surface area contributed by atoms with Crippen LogP contribution in [0, 0.1) is 0 Å². The van der Waals surface area contributed by atoms with Gasteiger partial charge in [0.2, 0.25) is 5.91 Å². The number of unbranched alkanes of at least 4 members (excludes halogenated alkanes) is 4. The molecule has 17 heavy (non-hydrogen) atoms. The van der Waals surface area contributed by atoms with Crippen molar-refractivity contribution < 1.29 is 4.79 Å². The number of hydrogen-bond acceptors (Lipinski definition) is 2. The third kappa shape index (κ3) is 5.78. The number of carbonyl (C=O) groups excluding carboxylic acids is 1. The zero-order valence-corrected chi connectivity index (χ0v) is 11.3. The van der Waals surface area contributed by atoms with Gasteiger partial charge in [0.15, 0.2) is 0 Å². The molecular weight excluding hydrogens is 230 g/mol. The Balaban J connectivity index is 2.23. The van der Waals surface area contributed by atoms with Gasteiger partial charge in [-0.15, -0.1) is 12.6 Å². The predicted octanol–water partition coefficient (Wildman–Crippen LogP) is 4.27. The Morgan fingerprint density at radius 1 is 1.18 bits per heavy atom. The van der Waals surface area contributed by atoms with E-state index in [1.807, 2.05) is 24.3 Å². The van der Waals surface area contributed by atoms with Gasteiger partial charge in [0.1, 0.15) is 0 Å². The summed E-state index contributed by atoms with van der Waals surface area (Å²) >= 11 is 4.29. The molecule has 0 atom stereocenters. The SMILES string of the molecule is CCCCCCCC(=O)Nc1ccccc1S. The first-order valence-corrected chi connectivity index (χ1v) is 6.76. The van der Waals surface area contributed by atoms with Crippen molar-refractivity contribution in [3.63, 3.8) is 0 Å². The zero-order valence-electron chi connectivity index (χ0n) is 10.4. The third-order valence-electron chi connectivity index (χ3n) is 2.69. The van der Waals surface area contributed by atoms with E-state index in [1.165, 1.54) is 19.3 Å². The van der Waals surface area contributed by atoms with Crippen LogP contribution in [0.2, 0.25) is 0 Å². The fourth-order valence-corrected chi connectivity index (χ4v) is 1.90.